The smallest absolute Gasteiger partial charge is 0.142 e. The average molecular weight is 256 g/mol. The van der Waals surface area contributed by atoms with Crippen molar-refractivity contribution in [2.45, 2.75) is 26.3 Å². The van der Waals surface area contributed by atoms with Gasteiger partial charge >= 0.3 is 0 Å². The number of ether oxygens (including phenoxy) is 1. The summed E-state index contributed by atoms with van der Waals surface area (Å²) in [5.41, 5.74) is 2.24. The predicted octanol–water partition coefficient (Wildman–Crippen LogP) is 4.04. The maximum Gasteiger partial charge on any atom is 0.142 e. The largest absolute Gasteiger partial charge is 0.491 e. The Hall–Kier alpha value is -2.03. The highest BCUT2D eigenvalue weighted by Gasteiger charge is 2.08. The number of aromatic nitrogens is 1. The Morgan fingerprint density at radius 1 is 1.16 bits per heavy atom. The van der Waals surface area contributed by atoms with Gasteiger partial charge in [-0.05, 0) is 43.2 Å². The van der Waals surface area contributed by atoms with E-state index in [0.29, 0.717) is 0 Å². The summed E-state index contributed by atoms with van der Waals surface area (Å²) in [6, 6.07) is 12.3. The second kappa shape index (κ2) is 6.78. The quantitative estimate of drug-likeness (QED) is 0.846. The van der Waals surface area contributed by atoms with Crippen LogP contribution in [0.4, 0.5) is 5.69 Å². The second-order valence-electron chi connectivity index (χ2n) is 4.49. The molecule has 1 aromatic carbocycles. The Labute approximate surface area is 114 Å². The first-order valence-corrected chi connectivity index (χ1v) is 6.69. The Kier molecular flexibility index (Phi) is 4.78. The first kappa shape index (κ1) is 13.4. The Morgan fingerprint density at radius 3 is 2.63 bits per heavy atom. The summed E-state index contributed by atoms with van der Waals surface area (Å²) in [7, 11) is 0. The number of anilines is 1. The second-order valence-corrected chi connectivity index (χ2v) is 4.49. The molecule has 1 aromatic heterocycles. The van der Waals surface area contributed by atoms with Crippen molar-refractivity contribution in [3.05, 3.63) is 54.4 Å². The van der Waals surface area contributed by atoms with Crippen LogP contribution in [-0.2, 0) is 0 Å². The molecular weight excluding hydrogens is 236 g/mol. The molecule has 2 aromatic rings. The standard InChI is InChI=1S/C16H20N2O/c1-3-12-19-16-7-5-4-6-15(16)18-13(2)14-8-10-17-11-9-14/h4-11,13,18H,3,12H2,1-2H3. The van der Waals surface area contributed by atoms with Crippen LogP contribution in [0.3, 0.4) is 0 Å². The van der Waals surface area contributed by atoms with E-state index in [-0.39, 0.29) is 6.04 Å². The van der Waals surface area contributed by atoms with E-state index in [4.69, 9.17) is 4.74 Å². The molecule has 0 bridgehead atoms. The van der Waals surface area contributed by atoms with Crippen molar-refractivity contribution in [3.63, 3.8) is 0 Å². The number of benzene rings is 1. The summed E-state index contributed by atoms with van der Waals surface area (Å²) < 4.78 is 5.75. The Morgan fingerprint density at radius 2 is 1.89 bits per heavy atom. The molecule has 0 fully saturated rings. The van der Waals surface area contributed by atoms with E-state index in [1.165, 1.54) is 5.56 Å². The highest BCUT2D eigenvalue weighted by Crippen LogP contribution is 2.27. The van der Waals surface area contributed by atoms with Crippen molar-refractivity contribution in [1.29, 1.82) is 0 Å². The van der Waals surface area contributed by atoms with Crippen LogP contribution in [0.1, 0.15) is 31.9 Å². The Bertz CT molecular complexity index is 499. The molecular formula is C16H20N2O. The van der Waals surface area contributed by atoms with Gasteiger partial charge in [-0.25, -0.2) is 0 Å². The molecule has 0 saturated heterocycles. The lowest BCUT2D eigenvalue weighted by Gasteiger charge is -2.18. The zero-order chi connectivity index (χ0) is 13.5. The van der Waals surface area contributed by atoms with Gasteiger partial charge in [0.15, 0.2) is 0 Å². The fraction of sp³-hybridized carbons (Fsp3) is 0.312. The predicted molar refractivity (Wildman–Crippen MR) is 78.5 cm³/mol. The van der Waals surface area contributed by atoms with E-state index in [1.807, 2.05) is 48.8 Å². The van der Waals surface area contributed by atoms with Gasteiger partial charge in [0.2, 0.25) is 0 Å². The van der Waals surface area contributed by atoms with Gasteiger partial charge in [-0.3, -0.25) is 4.98 Å². The molecule has 0 saturated carbocycles. The average Bonchev–Trinajstić information content (AvgIpc) is 2.47. The highest BCUT2D eigenvalue weighted by atomic mass is 16.5. The lowest BCUT2D eigenvalue weighted by molar-refractivity contribution is 0.318. The van der Waals surface area contributed by atoms with E-state index >= 15 is 0 Å². The molecule has 1 atom stereocenters. The molecule has 100 valence electrons. The van der Waals surface area contributed by atoms with Gasteiger partial charge in [0.25, 0.3) is 0 Å². The van der Waals surface area contributed by atoms with Crippen LogP contribution in [0.15, 0.2) is 48.8 Å². The molecule has 19 heavy (non-hydrogen) atoms. The van der Waals surface area contributed by atoms with Crippen molar-refractivity contribution in [2.24, 2.45) is 0 Å². The third-order valence-corrected chi connectivity index (χ3v) is 2.93. The number of nitrogens with one attached hydrogen (secondary N) is 1. The van der Waals surface area contributed by atoms with Crippen LogP contribution in [0.25, 0.3) is 0 Å². The molecule has 3 heteroatoms. The zero-order valence-corrected chi connectivity index (χ0v) is 11.5. The van der Waals surface area contributed by atoms with Crippen LogP contribution in [0.5, 0.6) is 5.75 Å². The highest BCUT2D eigenvalue weighted by molar-refractivity contribution is 5.57. The topological polar surface area (TPSA) is 34.1 Å². The lowest BCUT2D eigenvalue weighted by Crippen LogP contribution is -2.08. The Balaban J connectivity index is 2.10. The molecule has 0 radical (unpaired) electrons. The van der Waals surface area contributed by atoms with Gasteiger partial charge in [-0.15, -0.1) is 0 Å². The number of para-hydroxylation sites is 2. The summed E-state index contributed by atoms with van der Waals surface area (Å²) in [6.07, 6.45) is 4.63. The minimum Gasteiger partial charge on any atom is -0.491 e. The number of hydrogen-bond acceptors (Lipinski definition) is 3. The normalized spacial score (nSPS) is 11.9. The van der Waals surface area contributed by atoms with Crippen LogP contribution in [0.2, 0.25) is 0 Å². The lowest BCUT2D eigenvalue weighted by atomic mass is 10.1. The number of rotatable bonds is 6. The maximum absolute atomic E-state index is 5.75. The van der Waals surface area contributed by atoms with Crippen LogP contribution < -0.4 is 10.1 Å². The third kappa shape index (κ3) is 3.71. The minimum atomic E-state index is 0.217. The van der Waals surface area contributed by atoms with E-state index in [2.05, 4.69) is 24.1 Å². The summed E-state index contributed by atoms with van der Waals surface area (Å²) in [6.45, 7) is 4.98. The van der Waals surface area contributed by atoms with Crippen molar-refractivity contribution in [1.82, 2.24) is 4.98 Å². The molecule has 1 unspecified atom stereocenters. The van der Waals surface area contributed by atoms with Gasteiger partial charge < -0.3 is 10.1 Å². The monoisotopic (exact) mass is 256 g/mol. The first-order valence-electron chi connectivity index (χ1n) is 6.69. The number of pyridine rings is 1. The fourth-order valence-corrected chi connectivity index (χ4v) is 1.89. The summed E-state index contributed by atoms with van der Waals surface area (Å²) in [5.74, 6) is 0.908. The van der Waals surface area contributed by atoms with Gasteiger partial charge in [-0.1, -0.05) is 19.1 Å². The van der Waals surface area contributed by atoms with Gasteiger partial charge in [0.1, 0.15) is 5.75 Å². The molecule has 0 amide bonds. The van der Waals surface area contributed by atoms with E-state index in [9.17, 15) is 0 Å². The molecule has 3 nitrogen and oxygen atoms in total. The maximum atomic E-state index is 5.75. The van der Waals surface area contributed by atoms with E-state index in [0.717, 1.165) is 24.5 Å². The van der Waals surface area contributed by atoms with Crippen molar-refractivity contribution in [2.75, 3.05) is 11.9 Å². The van der Waals surface area contributed by atoms with Crippen LogP contribution in [-0.4, -0.2) is 11.6 Å². The summed E-state index contributed by atoms with van der Waals surface area (Å²) in [5, 5.41) is 3.48. The summed E-state index contributed by atoms with van der Waals surface area (Å²) in [4.78, 5) is 4.04. The molecule has 0 aliphatic rings. The van der Waals surface area contributed by atoms with E-state index in [1.54, 1.807) is 0 Å². The number of nitrogens with zero attached hydrogens (tertiary/aromatic N) is 1. The van der Waals surface area contributed by atoms with Crippen molar-refractivity contribution in [3.8, 4) is 5.75 Å². The number of hydrogen-bond donors (Lipinski definition) is 1. The van der Waals surface area contributed by atoms with Crippen LogP contribution in [0, 0.1) is 0 Å². The van der Waals surface area contributed by atoms with Gasteiger partial charge in [0, 0.05) is 18.4 Å². The van der Waals surface area contributed by atoms with E-state index < -0.39 is 0 Å². The SMILES string of the molecule is CCCOc1ccccc1NC(C)c1ccncc1. The van der Waals surface area contributed by atoms with Crippen LogP contribution >= 0.6 is 0 Å². The third-order valence-electron chi connectivity index (χ3n) is 2.93. The molecule has 0 aliphatic carbocycles. The van der Waals surface area contributed by atoms with Gasteiger partial charge in [-0.2, -0.15) is 0 Å². The first-order chi connectivity index (χ1) is 9.31. The molecule has 0 spiro atoms. The van der Waals surface area contributed by atoms with Crippen molar-refractivity contribution >= 4 is 5.69 Å². The molecule has 0 aliphatic heterocycles. The fourth-order valence-electron chi connectivity index (χ4n) is 1.89. The molecule has 1 N–H and O–H groups in total. The molecule has 2 rings (SSSR count). The van der Waals surface area contributed by atoms with Crippen molar-refractivity contribution < 1.29 is 4.74 Å². The minimum absolute atomic E-state index is 0.217. The molecule has 1 heterocycles. The zero-order valence-electron chi connectivity index (χ0n) is 11.5. The summed E-state index contributed by atoms with van der Waals surface area (Å²) >= 11 is 0. The van der Waals surface area contributed by atoms with Gasteiger partial charge in [0.05, 0.1) is 12.3 Å².